The highest BCUT2D eigenvalue weighted by molar-refractivity contribution is 5.83. The number of halogens is 1. The summed E-state index contributed by atoms with van der Waals surface area (Å²) >= 11 is 0. The molecule has 0 unspecified atom stereocenters. The van der Waals surface area contributed by atoms with Crippen molar-refractivity contribution in [3.63, 3.8) is 0 Å². The Hall–Kier alpha value is -3.71. The van der Waals surface area contributed by atoms with Crippen molar-refractivity contribution in [3.05, 3.63) is 58.3 Å². The summed E-state index contributed by atoms with van der Waals surface area (Å²) in [6, 6.07) is 8.23. The predicted octanol–water partition coefficient (Wildman–Crippen LogP) is 2.19. The molecule has 2 aromatic rings. The van der Waals surface area contributed by atoms with Crippen LogP contribution in [0, 0.1) is 17.1 Å². The topological polar surface area (TPSA) is 114 Å². The Kier molecular flexibility index (Phi) is 7.57. The van der Waals surface area contributed by atoms with Crippen LogP contribution in [0.25, 0.3) is 11.1 Å². The number of nitrogens with one attached hydrogen (secondary N) is 1. The van der Waals surface area contributed by atoms with Crippen molar-refractivity contribution in [1.82, 2.24) is 14.8 Å². The molecule has 1 aliphatic rings. The van der Waals surface area contributed by atoms with Gasteiger partial charge < -0.3 is 24.3 Å². The number of rotatable bonds is 4. The van der Waals surface area contributed by atoms with Gasteiger partial charge in [0.15, 0.2) is 0 Å². The van der Waals surface area contributed by atoms with Crippen molar-refractivity contribution in [2.24, 2.45) is 7.05 Å². The van der Waals surface area contributed by atoms with Gasteiger partial charge >= 0.3 is 12.2 Å². The summed E-state index contributed by atoms with van der Waals surface area (Å²) in [4.78, 5) is 37.0. The van der Waals surface area contributed by atoms with Gasteiger partial charge in [-0.15, -0.1) is 0 Å². The summed E-state index contributed by atoms with van der Waals surface area (Å²) in [5.41, 5.74) is 1.26. The molecule has 3 rings (SSSR count). The van der Waals surface area contributed by atoms with Crippen molar-refractivity contribution >= 4 is 12.2 Å². The molecule has 32 heavy (non-hydrogen) atoms. The number of aromatic nitrogens is 1. The summed E-state index contributed by atoms with van der Waals surface area (Å²) in [5, 5.41) is 11.6. The van der Waals surface area contributed by atoms with E-state index in [1.807, 2.05) is 6.07 Å². The first-order chi connectivity index (χ1) is 15.4. The SMILES string of the molecule is Cn1cc(-c2ccc(C[C@@H](C#N)NC(=O)OC(=O)N3CCCOCC3)c(F)c2)ccc1=O. The van der Waals surface area contributed by atoms with Crippen LogP contribution in [0.2, 0.25) is 0 Å². The zero-order chi connectivity index (χ0) is 23.1. The molecular formula is C22H23FN4O5. The average Bonchev–Trinajstić information content (AvgIpc) is 3.06. The van der Waals surface area contributed by atoms with Gasteiger partial charge in [0.05, 0.1) is 12.7 Å². The fourth-order valence-electron chi connectivity index (χ4n) is 3.25. The van der Waals surface area contributed by atoms with Crippen LogP contribution in [0.1, 0.15) is 12.0 Å². The van der Waals surface area contributed by atoms with Crippen molar-refractivity contribution in [1.29, 1.82) is 5.26 Å². The van der Waals surface area contributed by atoms with E-state index in [9.17, 15) is 24.0 Å². The summed E-state index contributed by atoms with van der Waals surface area (Å²) < 4.78 is 26.0. The average molecular weight is 442 g/mol. The number of hydrogen-bond donors (Lipinski definition) is 1. The molecule has 0 spiro atoms. The van der Waals surface area contributed by atoms with E-state index >= 15 is 0 Å². The predicted molar refractivity (Wildman–Crippen MR) is 112 cm³/mol. The van der Waals surface area contributed by atoms with Crippen LogP contribution in [-0.2, 0) is 22.9 Å². The smallest absolute Gasteiger partial charge is 0.380 e. The van der Waals surface area contributed by atoms with Gasteiger partial charge in [-0.3, -0.25) is 4.79 Å². The van der Waals surface area contributed by atoms with E-state index in [1.54, 1.807) is 25.4 Å². The molecule has 9 nitrogen and oxygen atoms in total. The first-order valence-electron chi connectivity index (χ1n) is 10.1. The molecule has 0 saturated carbocycles. The Balaban J connectivity index is 1.61. The lowest BCUT2D eigenvalue weighted by Gasteiger charge is -2.19. The standard InChI is InChI=1S/C22H23FN4O5/c1-26-14-17(5-6-20(26)28)15-3-4-16(19(23)12-15)11-18(13-24)25-21(29)32-22(30)27-7-2-9-31-10-8-27/h3-6,12,14,18H,2,7-11H2,1H3,(H,25,29)/t18-/m0/s1. The molecule has 1 aromatic heterocycles. The normalized spacial score (nSPS) is 14.7. The van der Waals surface area contributed by atoms with Gasteiger partial charge in [-0.2, -0.15) is 5.26 Å². The van der Waals surface area contributed by atoms with Crippen molar-refractivity contribution < 1.29 is 23.5 Å². The highest BCUT2D eigenvalue weighted by Gasteiger charge is 2.22. The molecule has 1 N–H and O–H groups in total. The first kappa shape index (κ1) is 23.0. The monoisotopic (exact) mass is 442 g/mol. The zero-order valence-electron chi connectivity index (χ0n) is 17.5. The number of pyridine rings is 1. The van der Waals surface area contributed by atoms with E-state index in [1.165, 1.54) is 27.7 Å². The summed E-state index contributed by atoms with van der Waals surface area (Å²) in [7, 11) is 1.60. The van der Waals surface area contributed by atoms with Gasteiger partial charge in [-0.1, -0.05) is 12.1 Å². The highest BCUT2D eigenvalue weighted by atomic mass is 19.1. The Morgan fingerprint density at radius 1 is 1.25 bits per heavy atom. The van der Waals surface area contributed by atoms with Crippen LogP contribution in [0.3, 0.4) is 0 Å². The first-order valence-corrected chi connectivity index (χ1v) is 10.1. The second-order valence-electron chi connectivity index (χ2n) is 7.31. The minimum atomic E-state index is -1.10. The molecule has 1 saturated heterocycles. The van der Waals surface area contributed by atoms with Crippen LogP contribution in [-0.4, -0.2) is 54.0 Å². The third-order valence-corrected chi connectivity index (χ3v) is 5.00. The number of nitrogens with zero attached hydrogens (tertiary/aromatic N) is 3. The minimum Gasteiger partial charge on any atom is -0.380 e. The number of carbonyl (C=O) groups excluding carboxylic acids is 2. The van der Waals surface area contributed by atoms with Gasteiger partial charge in [-0.25, -0.2) is 14.0 Å². The van der Waals surface area contributed by atoms with Crippen LogP contribution < -0.4 is 10.9 Å². The molecule has 1 aliphatic heterocycles. The number of amides is 2. The lowest BCUT2D eigenvalue weighted by Crippen LogP contribution is -2.41. The Labute approximate surface area is 184 Å². The second-order valence-corrected chi connectivity index (χ2v) is 7.31. The Morgan fingerprint density at radius 3 is 2.75 bits per heavy atom. The third-order valence-electron chi connectivity index (χ3n) is 5.00. The lowest BCUT2D eigenvalue weighted by atomic mass is 10.0. The Bertz CT molecular complexity index is 1090. The molecule has 0 aliphatic carbocycles. The number of hydrogen-bond acceptors (Lipinski definition) is 6. The van der Waals surface area contributed by atoms with Crippen molar-refractivity contribution in [3.8, 4) is 17.2 Å². The zero-order valence-corrected chi connectivity index (χ0v) is 17.5. The number of aryl methyl sites for hydroxylation is 1. The number of nitriles is 1. The van der Waals surface area contributed by atoms with Crippen LogP contribution in [0.15, 0.2) is 41.3 Å². The number of alkyl carbamates (subject to hydrolysis) is 1. The van der Waals surface area contributed by atoms with Crippen LogP contribution >= 0.6 is 0 Å². The third kappa shape index (κ3) is 5.92. The molecule has 2 amide bonds. The molecule has 0 radical (unpaired) electrons. The van der Waals surface area contributed by atoms with Gasteiger partial charge in [-0.05, 0) is 35.2 Å². The molecular weight excluding hydrogens is 419 g/mol. The van der Waals surface area contributed by atoms with E-state index in [2.05, 4.69) is 5.32 Å². The van der Waals surface area contributed by atoms with Crippen LogP contribution in [0.4, 0.5) is 14.0 Å². The highest BCUT2D eigenvalue weighted by Crippen LogP contribution is 2.21. The van der Waals surface area contributed by atoms with Crippen LogP contribution in [0.5, 0.6) is 0 Å². The summed E-state index contributed by atoms with van der Waals surface area (Å²) in [6.45, 7) is 1.59. The maximum Gasteiger partial charge on any atom is 0.418 e. The summed E-state index contributed by atoms with van der Waals surface area (Å²) in [6.07, 6.45) is 0.217. The summed E-state index contributed by atoms with van der Waals surface area (Å²) in [5.74, 6) is -0.563. The molecule has 168 valence electrons. The second kappa shape index (κ2) is 10.5. The van der Waals surface area contributed by atoms with Crippen molar-refractivity contribution in [2.45, 2.75) is 18.9 Å². The van der Waals surface area contributed by atoms with Gasteiger partial charge in [0.1, 0.15) is 11.9 Å². The fraction of sp³-hybridized carbons (Fsp3) is 0.364. The maximum atomic E-state index is 14.6. The van der Waals surface area contributed by atoms with Crippen molar-refractivity contribution in [2.75, 3.05) is 26.3 Å². The van der Waals surface area contributed by atoms with E-state index in [0.29, 0.717) is 43.9 Å². The maximum absolute atomic E-state index is 14.6. The number of carbonyl (C=O) groups is 2. The fourth-order valence-corrected chi connectivity index (χ4v) is 3.25. The molecule has 10 heteroatoms. The largest absolute Gasteiger partial charge is 0.418 e. The molecule has 1 fully saturated rings. The number of benzene rings is 1. The molecule has 0 bridgehead atoms. The van der Waals surface area contributed by atoms with Gasteiger partial charge in [0.2, 0.25) is 5.56 Å². The van der Waals surface area contributed by atoms with E-state index in [4.69, 9.17) is 9.47 Å². The molecule has 1 atom stereocenters. The van der Waals surface area contributed by atoms with E-state index in [-0.39, 0.29) is 17.5 Å². The van der Waals surface area contributed by atoms with Gasteiger partial charge in [0.25, 0.3) is 0 Å². The molecule has 2 heterocycles. The quantitative estimate of drug-likeness (QED) is 0.727. The minimum absolute atomic E-state index is 0.114. The van der Waals surface area contributed by atoms with E-state index < -0.39 is 24.0 Å². The van der Waals surface area contributed by atoms with E-state index in [0.717, 1.165) is 0 Å². The number of ether oxygens (including phenoxy) is 2. The van der Waals surface area contributed by atoms with Gasteiger partial charge in [0, 0.05) is 45.4 Å². The molecule has 1 aromatic carbocycles. The lowest BCUT2D eigenvalue weighted by molar-refractivity contribution is 0.110. The Morgan fingerprint density at radius 2 is 2.03 bits per heavy atom.